The number of benzene rings is 1. The lowest BCUT2D eigenvalue weighted by Gasteiger charge is -2.08. The highest BCUT2D eigenvalue weighted by Crippen LogP contribution is 2.23. The summed E-state index contributed by atoms with van der Waals surface area (Å²) in [6, 6.07) is 9.90. The predicted molar refractivity (Wildman–Crippen MR) is 74.0 cm³/mol. The molecule has 0 radical (unpaired) electrons. The molecule has 0 saturated heterocycles. The molecule has 0 aliphatic heterocycles. The maximum atomic E-state index is 5.76. The summed E-state index contributed by atoms with van der Waals surface area (Å²) in [5.41, 5.74) is 7.54. The van der Waals surface area contributed by atoms with E-state index >= 15 is 0 Å². The molecule has 2 N–H and O–H groups in total. The summed E-state index contributed by atoms with van der Waals surface area (Å²) in [5, 5.41) is 1.06. The molecule has 5 nitrogen and oxygen atoms in total. The fourth-order valence-electron chi connectivity index (χ4n) is 2.06. The number of hydrogen-bond acceptors (Lipinski definition) is 4. The molecule has 0 unspecified atom stereocenters. The van der Waals surface area contributed by atoms with Crippen LogP contribution in [0.15, 0.2) is 42.7 Å². The number of anilines is 1. The van der Waals surface area contributed by atoms with Crippen molar-refractivity contribution < 1.29 is 4.74 Å². The highest BCUT2D eigenvalue weighted by molar-refractivity contribution is 5.84. The molecule has 0 aliphatic carbocycles. The van der Waals surface area contributed by atoms with Crippen molar-refractivity contribution >= 4 is 16.9 Å². The van der Waals surface area contributed by atoms with Gasteiger partial charge in [0.25, 0.3) is 0 Å². The second-order valence-electron chi connectivity index (χ2n) is 4.25. The number of nitrogens with two attached hydrogens (primary N) is 1. The van der Waals surface area contributed by atoms with Crippen LogP contribution in [0.2, 0.25) is 0 Å². The number of para-hydroxylation sites is 1. The van der Waals surface area contributed by atoms with E-state index in [1.54, 1.807) is 13.3 Å². The summed E-state index contributed by atoms with van der Waals surface area (Å²) in [7, 11) is 1.65. The summed E-state index contributed by atoms with van der Waals surface area (Å²) in [6.45, 7) is 0.597. The van der Waals surface area contributed by atoms with Gasteiger partial charge in [-0.05, 0) is 12.1 Å². The molecule has 0 atom stereocenters. The lowest BCUT2D eigenvalue weighted by atomic mass is 10.2. The van der Waals surface area contributed by atoms with Crippen molar-refractivity contribution in [3.05, 3.63) is 48.4 Å². The van der Waals surface area contributed by atoms with Crippen molar-refractivity contribution in [1.82, 2.24) is 14.5 Å². The second-order valence-corrected chi connectivity index (χ2v) is 4.25. The number of methoxy groups -OCH3 is 1. The third-order valence-electron chi connectivity index (χ3n) is 3.04. The number of pyridine rings is 1. The van der Waals surface area contributed by atoms with Crippen LogP contribution in [0.4, 0.5) is 5.95 Å². The number of nitrogens with zero attached hydrogens (tertiary/aromatic N) is 3. The molecule has 5 heteroatoms. The first-order valence-corrected chi connectivity index (χ1v) is 5.97. The monoisotopic (exact) mass is 254 g/mol. The normalized spacial score (nSPS) is 10.8. The molecular weight excluding hydrogens is 240 g/mol. The number of ether oxygens (including phenoxy) is 1. The van der Waals surface area contributed by atoms with Crippen LogP contribution in [0, 0.1) is 0 Å². The lowest BCUT2D eigenvalue weighted by molar-refractivity contribution is 0.419. The number of rotatable bonds is 3. The Morgan fingerprint density at radius 2 is 2.16 bits per heavy atom. The first-order chi connectivity index (χ1) is 9.28. The van der Waals surface area contributed by atoms with E-state index < -0.39 is 0 Å². The van der Waals surface area contributed by atoms with Gasteiger partial charge in [-0.15, -0.1) is 0 Å². The molecule has 2 aromatic heterocycles. The number of imidazole rings is 1. The molecule has 1 aromatic carbocycles. The molecule has 3 rings (SSSR count). The Bertz CT molecular complexity index is 720. The van der Waals surface area contributed by atoms with Crippen molar-refractivity contribution in [2.45, 2.75) is 6.54 Å². The molecular formula is C14H14N4O. The van der Waals surface area contributed by atoms with Crippen LogP contribution in [0.3, 0.4) is 0 Å². The summed E-state index contributed by atoms with van der Waals surface area (Å²) in [4.78, 5) is 8.63. The Kier molecular flexibility index (Phi) is 2.79. The smallest absolute Gasteiger partial charge is 0.200 e. The molecule has 0 spiro atoms. The Morgan fingerprint density at radius 3 is 2.89 bits per heavy atom. The summed E-state index contributed by atoms with van der Waals surface area (Å²) >= 11 is 0. The van der Waals surface area contributed by atoms with Crippen LogP contribution >= 0.6 is 0 Å². The largest absolute Gasteiger partial charge is 0.494 e. The average molecular weight is 254 g/mol. The van der Waals surface area contributed by atoms with Gasteiger partial charge in [0.2, 0.25) is 0 Å². The highest BCUT2D eigenvalue weighted by Gasteiger charge is 2.05. The number of nitrogen functional groups attached to an aromatic ring is 1. The Balaban J connectivity index is 2.04. The molecule has 0 amide bonds. The van der Waals surface area contributed by atoms with Crippen LogP contribution in [0.1, 0.15) is 5.69 Å². The van der Waals surface area contributed by atoms with Crippen molar-refractivity contribution in [1.29, 1.82) is 0 Å². The summed E-state index contributed by atoms with van der Waals surface area (Å²) < 4.78 is 7.19. The van der Waals surface area contributed by atoms with E-state index in [0.717, 1.165) is 22.3 Å². The second kappa shape index (κ2) is 4.61. The van der Waals surface area contributed by atoms with Gasteiger partial charge in [0.1, 0.15) is 11.3 Å². The van der Waals surface area contributed by atoms with E-state index in [-0.39, 0.29) is 0 Å². The van der Waals surface area contributed by atoms with Gasteiger partial charge < -0.3 is 15.0 Å². The zero-order valence-corrected chi connectivity index (χ0v) is 10.6. The first kappa shape index (κ1) is 11.5. The van der Waals surface area contributed by atoms with Gasteiger partial charge in [-0.3, -0.25) is 0 Å². The minimum atomic E-state index is 0.488. The number of hydrogen-bond donors (Lipinski definition) is 1. The minimum absolute atomic E-state index is 0.488. The van der Waals surface area contributed by atoms with Crippen molar-refractivity contribution in [3.63, 3.8) is 0 Å². The van der Waals surface area contributed by atoms with E-state index in [9.17, 15) is 0 Å². The van der Waals surface area contributed by atoms with E-state index in [0.29, 0.717) is 12.5 Å². The van der Waals surface area contributed by atoms with Crippen LogP contribution in [-0.2, 0) is 6.54 Å². The number of aromatic nitrogens is 3. The van der Waals surface area contributed by atoms with Crippen molar-refractivity contribution in [3.8, 4) is 5.75 Å². The van der Waals surface area contributed by atoms with Gasteiger partial charge in [0, 0.05) is 17.8 Å². The SMILES string of the molecule is COc1cccc2ccc(Cn3ccnc3N)nc12. The molecule has 0 fully saturated rings. The molecule has 96 valence electrons. The first-order valence-electron chi connectivity index (χ1n) is 5.97. The van der Waals surface area contributed by atoms with Crippen molar-refractivity contribution in [2.24, 2.45) is 0 Å². The number of fused-ring (bicyclic) bond motifs is 1. The maximum absolute atomic E-state index is 5.76. The third-order valence-corrected chi connectivity index (χ3v) is 3.04. The Hall–Kier alpha value is -2.56. The van der Waals surface area contributed by atoms with E-state index in [2.05, 4.69) is 9.97 Å². The lowest BCUT2D eigenvalue weighted by Crippen LogP contribution is -2.05. The molecule has 2 heterocycles. The summed E-state index contributed by atoms with van der Waals surface area (Å²) in [5.74, 6) is 1.26. The van der Waals surface area contributed by atoms with Crippen LogP contribution in [-0.4, -0.2) is 21.6 Å². The quantitative estimate of drug-likeness (QED) is 0.777. The highest BCUT2D eigenvalue weighted by atomic mass is 16.5. The average Bonchev–Trinajstić information content (AvgIpc) is 2.83. The standard InChI is InChI=1S/C14H14N4O/c1-19-12-4-2-3-10-5-6-11(17-13(10)12)9-18-8-7-16-14(18)15/h2-8H,9H2,1H3,(H2,15,16). The van der Waals surface area contributed by atoms with Crippen LogP contribution in [0.5, 0.6) is 5.75 Å². The predicted octanol–water partition coefficient (Wildman–Crippen LogP) is 2.07. The van der Waals surface area contributed by atoms with Gasteiger partial charge in [-0.25, -0.2) is 9.97 Å². The zero-order chi connectivity index (χ0) is 13.2. The maximum Gasteiger partial charge on any atom is 0.200 e. The van der Waals surface area contributed by atoms with E-state index in [4.69, 9.17) is 10.5 Å². The molecule has 3 aromatic rings. The van der Waals surface area contributed by atoms with Crippen LogP contribution in [0.25, 0.3) is 10.9 Å². The third kappa shape index (κ3) is 2.10. The Morgan fingerprint density at radius 1 is 1.26 bits per heavy atom. The zero-order valence-electron chi connectivity index (χ0n) is 10.6. The molecule has 0 aliphatic rings. The van der Waals surface area contributed by atoms with Gasteiger partial charge in [0.15, 0.2) is 5.95 Å². The summed E-state index contributed by atoms with van der Waals surface area (Å²) in [6.07, 6.45) is 3.51. The topological polar surface area (TPSA) is 66.0 Å². The Labute approximate surface area is 110 Å². The molecule has 19 heavy (non-hydrogen) atoms. The fourth-order valence-corrected chi connectivity index (χ4v) is 2.06. The molecule has 0 saturated carbocycles. The van der Waals surface area contributed by atoms with Gasteiger partial charge >= 0.3 is 0 Å². The molecule has 0 bridgehead atoms. The van der Waals surface area contributed by atoms with Gasteiger partial charge in [0.05, 0.1) is 19.3 Å². The minimum Gasteiger partial charge on any atom is -0.494 e. The van der Waals surface area contributed by atoms with E-state index in [1.807, 2.05) is 41.1 Å². The van der Waals surface area contributed by atoms with E-state index in [1.165, 1.54) is 0 Å². The van der Waals surface area contributed by atoms with Gasteiger partial charge in [-0.1, -0.05) is 18.2 Å². The van der Waals surface area contributed by atoms with Crippen LogP contribution < -0.4 is 10.5 Å². The van der Waals surface area contributed by atoms with Crippen molar-refractivity contribution in [2.75, 3.05) is 12.8 Å². The fraction of sp³-hybridized carbons (Fsp3) is 0.143. The van der Waals surface area contributed by atoms with Gasteiger partial charge in [-0.2, -0.15) is 0 Å².